The third-order valence-electron chi connectivity index (χ3n) is 5.48. The first-order valence-electron chi connectivity index (χ1n) is 10.4. The summed E-state index contributed by atoms with van der Waals surface area (Å²) in [4.78, 5) is 20.4. The number of aromatic nitrogens is 6. The van der Waals surface area contributed by atoms with E-state index in [9.17, 15) is 0 Å². The van der Waals surface area contributed by atoms with E-state index in [0.29, 0.717) is 23.2 Å². The quantitative estimate of drug-likeness (QED) is 0.364. The molecule has 8 heteroatoms. The molecule has 1 N–H and O–H groups in total. The molecule has 0 spiro atoms. The highest BCUT2D eigenvalue weighted by Crippen LogP contribution is 2.29. The van der Waals surface area contributed by atoms with Gasteiger partial charge in [0.15, 0.2) is 5.82 Å². The van der Waals surface area contributed by atoms with Crippen LogP contribution in [0.15, 0.2) is 71.6 Å². The standard InChI is InChI=1S/C25H16BrN7/c26-20-4-3-17-14-33(15-19(17)12-20)25-28-10-8-23(31-25)24-27-9-7-21(30-24)5-1-16-2-6-22-18(11-16)13-29-32-22/h2-4,6-13H,14-15H2,(H,29,32). The lowest BCUT2D eigenvalue weighted by molar-refractivity contribution is 0.828. The zero-order valence-corrected chi connectivity index (χ0v) is 18.9. The molecule has 0 radical (unpaired) electrons. The Hall–Kier alpha value is -4.09. The molecule has 0 saturated heterocycles. The summed E-state index contributed by atoms with van der Waals surface area (Å²) in [6.45, 7) is 1.55. The largest absolute Gasteiger partial charge is 0.332 e. The first kappa shape index (κ1) is 19.6. The van der Waals surface area contributed by atoms with Crippen LogP contribution in [0.25, 0.3) is 22.4 Å². The number of nitrogens with zero attached hydrogens (tertiary/aromatic N) is 6. The molecule has 0 aliphatic carbocycles. The number of benzene rings is 2. The van der Waals surface area contributed by atoms with Crippen LogP contribution in [0.1, 0.15) is 22.4 Å². The highest BCUT2D eigenvalue weighted by Gasteiger charge is 2.21. The summed E-state index contributed by atoms with van der Waals surface area (Å²) in [6.07, 6.45) is 5.24. The molecule has 1 aliphatic rings. The highest BCUT2D eigenvalue weighted by molar-refractivity contribution is 9.10. The van der Waals surface area contributed by atoms with Crippen molar-refractivity contribution in [1.29, 1.82) is 0 Å². The Balaban J connectivity index is 1.26. The van der Waals surface area contributed by atoms with Crippen molar-refractivity contribution in [3.05, 3.63) is 94.0 Å². The molecular formula is C25H16BrN7. The molecule has 0 unspecified atom stereocenters. The fraction of sp³-hybridized carbons (Fsp3) is 0.0800. The molecule has 1 aliphatic heterocycles. The Morgan fingerprint density at radius 1 is 0.879 bits per heavy atom. The third-order valence-corrected chi connectivity index (χ3v) is 5.97. The van der Waals surface area contributed by atoms with Crippen LogP contribution in [0.5, 0.6) is 0 Å². The Kier molecular flexibility index (Phi) is 4.82. The van der Waals surface area contributed by atoms with Gasteiger partial charge in [-0.3, -0.25) is 5.10 Å². The summed E-state index contributed by atoms with van der Waals surface area (Å²) in [5.74, 6) is 7.47. The molecule has 0 bridgehead atoms. The summed E-state index contributed by atoms with van der Waals surface area (Å²) < 4.78 is 1.08. The first-order chi connectivity index (χ1) is 16.2. The molecule has 0 fully saturated rings. The van der Waals surface area contributed by atoms with Crippen molar-refractivity contribution >= 4 is 32.8 Å². The molecule has 0 saturated carbocycles. The predicted molar refractivity (Wildman–Crippen MR) is 129 cm³/mol. The van der Waals surface area contributed by atoms with Crippen LogP contribution in [0, 0.1) is 11.8 Å². The topological polar surface area (TPSA) is 83.5 Å². The minimum absolute atomic E-state index is 0.523. The molecule has 3 aromatic heterocycles. The Labute approximate surface area is 198 Å². The van der Waals surface area contributed by atoms with Crippen LogP contribution < -0.4 is 4.90 Å². The van der Waals surface area contributed by atoms with E-state index in [0.717, 1.165) is 34.0 Å². The van der Waals surface area contributed by atoms with Crippen molar-refractivity contribution in [1.82, 2.24) is 30.1 Å². The second-order valence-electron chi connectivity index (χ2n) is 7.70. The van der Waals surface area contributed by atoms with Gasteiger partial charge in [-0.2, -0.15) is 5.10 Å². The van der Waals surface area contributed by atoms with Gasteiger partial charge in [0.25, 0.3) is 0 Å². The van der Waals surface area contributed by atoms with Gasteiger partial charge in [0.2, 0.25) is 5.95 Å². The first-order valence-corrected chi connectivity index (χ1v) is 11.1. The van der Waals surface area contributed by atoms with E-state index in [1.165, 1.54) is 11.1 Å². The van der Waals surface area contributed by atoms with Crippen molar-refractivity contribution < 1.29 is 0 Å². The molecule has 0 amide bonds. The zero-order valence-electron chi connectivity index (χ0n) is 17.3. The maximum Gasteiger partial charge on any atom is 0.226 e. The maximum absolute atomic E-state index is 4.74. The van der Waals surface area contributed by atoms with Gasteiger partial charge in [-0.25, -0.2) is 19.9 Å². The smallest absolute Gasteiger partial charge is 0.226 e. The normalized spacial score (nSPS) is 12.5. The maximum atomic E-state index is 4.74. The Morgan fingerprint density at radius 2 is 1.79 bits per heavy atom. The van der Waals surface area contributed by atoms with Gasteiger partial charge >= 0.3 is 0 Å². The second kappa shape index (κ2) is 8.11. The van der Waals surface area contributed by atoms with Gasteiger partial charge in [0.1, 0.15) is 11.4 Å². The lowest BCUT2D eigenvalue weighted by atomic mass is 10.1. The number of aromatic amines is 1. The number of hydrogen-bond acceptors (Lipinski definition) is 6. The van der Waals surface area contributed by atoms with Crippen LogP contribution in [0.2, 0.25) is 0 Å². The lowest BCUT2D eigenvalue weighted by Gasteiger charge is -2.15. The number of rotatable bonds is 2. The number of H-pyrrole nitrogens is 1. The molecule has 0 atom stereocenters. The summed E-state index contributed by atoms with van der Waals surface area (Å²) in [6, 6.07) is 15.9. The van der Waals surface area contributed by atoms with Gasteiger partial charge in [-0.15, -0.1) is 0 Å². The zero-order chi connectivity index (χ0) is 22.2. The Morgan fingerprint density at radius 3 is 2.76 bits per heavy atom. The molecule has 7 nitrogen and oxygen atoms in total. The van der Waals surface area contributed by atoms with E-state index >= 15 is 0 Å². The van der Waals surface area contributed by atoms with Crippen molar-refractivity contribution in [3.63, 3.8) is 0 Å². The number of nitrogens with one attached hydrogen (secondary N) is 1. The third kappa shape index (κ3) is 3.95. The van der Waals surface area contributed by atoms with Crippen molar-refractivity contribution in [2.45, 2.75) is 13.1 Å². The summed E-state index contributed by atoms with van der Waals surface area (Å²) >= 11 is 3.54. The van der Waals surface area contributed by atoms with Crippen molar-refractivity contribution in [2.24, 2.45) is 0 Å². The number of anilines is 1. The second-order valence-corrected chi connectivity index (χ2v) is 8.61. The van der Waals surface area contributed by atoms with Crippen LogP contribution in [-0.2, 0) is 13.1 Å². The van der Waals surface area contributed by atoms with Gasteiger partial charge in [-0.1, -0.05) is 27.9 Å². The average molecular weight is 494 g/mol. The van der Waals surface area contributed by atoms with Crippen LogP contribution in [-0.4, -0.2) is 30.1 Å². The SMILES string of the molecule is Brc1ccc2c(c1)CN(c1nccc(-c3nccc(C#Cc4ccc5[nH]ncc5c4)n3)n1)C2. The van der Waals surface area contributed by atoms with Crippen molar-refractivity contribution in [2.75, 3.05) is 4.90 Å². The van der Waals surface area contributed by atoms with E-state index in [1.807, 2.05) is 24.3 Å². The van der Waals surface area contributed by atoms with Gasteiger partial charge in [0, 0.05) is 40.9 Å². The Bertz CT molecular complexity index is 1560. The van der Waals surface area contributed by atoms with E-state index in [-0.39, 0.29) is 0 Å². The van der Waals surface area contributed by atoms with Gasteiger partial charge in [-0.05, 0) is 59.5 Å². The molecular weight excluding hydrogens is 478 g/mol. The molecule has 2 aromatic carbocycles. The monoisotopic (exact) mass is 493 g/mol. The summed E-state index contributed by atoms with van der Waals surface area (Å²) in [5, 5.41) is 8.01. The van der Waals surface area contributed by atoms with Crippen molar-refractivity contribution in [3.8, 4) is 23.4 Å². The minimum Gasteiger partial charge on any atom is -0.332 e. The lowest BCUT2D eigenvalue weighted by Crippen LogP contribution is -2.17. The molecule has 158 valence electrons. The minimum atomic E-state index is 0.523. The fourth-order valence-corrected chi connectivity index (χ4v) is 4.25. The number of halogens is 1. The fourth-order valence-electron chi connectivity index (χ4n) is 3.84. The van der Waals surface area contributed by atoms with E-state index in [2.05, 4.69) is 76.0 Å². The average Bonchev–Trinajstić information content (AvgIpc) is 3.49. The van der Waals surface area contributed by atoms with Gasteiger partial charge < -0.3 is 4.90 Å². The van der Waals surface area contributed by atoms with E-state index in [4.69, 9.17) is 4.98 Å². The predicted octanol–water partition coefficient (Wildman–Crippen LogP) is 4.49. The molecule has 33 heavy (non-hydrogen) atoms. The van der Waals surface area contributed by atoms with Gasteiger partial charge in [0.05, 0.1) is 11.7 Å². The van der Waals surface area contributed by atoms with Crippen LogP contribution in [0.4, 0.5) is 5.95 Å². The summed E-state index contributed by atoms with van der Waals surface area (Å²) in [5.41, 5.74) is 5.74. The number of hydrogen-bond donors (Lipinski definition) is 1. The molecule has 4 heterocycles. The molecule has 6 rings (SSSR count). The van der Waals surface area contributed by atoms with E-state index in [1.54, 1.807) is 24.7 Å². The summed E-state index contributed by atoms with van der Waals surface area (Å²) in [7, 11) is 0. The van der Waals surface area contributed by atoms with E-state index < -0.39 is 0 Å². The molecule has 5 aromatic rings. The number of fused-ring (bicyclic) bond motifs is 2. The highest BCUT2D eigenvalue weighted by atomic mass is 79.9. The van der Waals surface area contributed by atoms with Crippen LogP contribution >= 0.6 is 15.9 Å². The van der Waals surface area contributed by atoms with Crippen LogP contribution in [0.3, 0.4) is 0 Å².